The van der Waals surface area contributed by atoms with Crippen LogP contribution in [0.2, 0.25) is 0 Å². The van der Waals surface area contributed by atoms with Gasteiger partial charge in [-0.25, -0.2) is 0 Å². The van der Waals surface area contributed by atoms with Crippen LogP contribution in [0.4, 0.5) is 5.69 Å². The standard InChI is InChI=1S/C14H14BrNO4/c15-7-3-1-2-4-8(7)16-13(17)11-9-5-6-10(20-9)12(11)14(18)19/h1-4,9-12H,5-6H2,(H,16,17)(H,18,19)/p-1/t9-,10+,11+,12-/m0/s1. The minimum atomic E-state index is -1.20. The van der Waals surface area contributed by atoms with Gasteiger partial charge in [0.15, 0.2) is 0 Å². The molecule has 0 radical (unpaired) electrons. The molecule has 5 nitrogen and oxygen atoms in total. The fourth-order valence-corrected chi connectivity index (χ4v) is 3.47. The molecule has 2 heterocycles. The van der Waals surface area contributed by atoms with Crippen LogP contribution in [0, 0.1) is 11.8 Å². The molecular weight excluding hydrogens is 326 g/mol. The Labute approximate surface area is 124 Å². The summed E-state index contributed by atoms with van der Waals surface area (Å²) in [5.74, 6) is -3.05. The number of aliphatic carboxylic acids is 1. The minimum absolute atomic E-state index is 0.314. The molecule has 1 amide bonds. The molecule has 1 N–H and O–H groups in total. The van der Waals surface area contributed by atoms with Crippen molar-refractivity contribution in [2.75, 3.05) is 5.32 Å². The molecule has 1 aromatic rings. The van der Waals surface area contributed by atoms with E-state index in [2.05, 4.69) is 21.2 Å². The second-order valence-electron chi connectivity index (χ2n) is 5.13. The number of carbonyl (C=O) groups is 2. The number of para-hydroxylation sites is 1. The molecule has 0 spiro atoms. The predicted molar refractivity (Wildman–Crippen MR) is 72.7 cm³/mol. The third-order valence-corrected chi connectivity index (χ3v) is 4.67. The van der Waals surface area contributed by atoms with E-state index in [0.717, 1.165) is 10.9 Å². The van der Waals surface area contributed by atoms with E-state index < -0.39 is 17.8 Å². The number of hydrogen-bond acceptors (Lipinski definition) is 4. The Morgan fingerprint density at radius 2 is 1.85 bits per heavy atom. The van der Waals surface area contributed by atoms with Gasteiger partial charge in [-0.2, -0.15) is 0 Å². The van der Waals surface area contributed by atoms with Crippen molar-refractivity contribution < 1.29 is 19.4 Å². The number of benzene rings is 1. The topological polar surface area (TPSA) is 78.5 Å². The number of carboxylic acid groups (broad SMARTS) is 1. The van der Waals surface area contributed by atoms with Gasteiger partial charge in [-0.05, 0) is 40.9 Å². The van der Waals surface area contributed by atoms with Crippen LogP contribution in [0.5, 0.6) is 0 Å². The van der Waals surface area contributed by atoms with Crippen molar-refractivity contribution >= 4 is 33.5 Å². The quantitative estimate of drug-likeness (QED) is 0.889. The number of halogens is 1. The van der Waals surface area contributed by atoms with Crippen LogP contribution >= 0.6 is 15.9 Å². The summed E-state index contributed by atoms with van der Waals surface area (Å²) >= 11 is 3.34. The zero-order chi connectivity index (χ0) is 14.3. The van der Waals surface area contributed by atoms with Crippen molar-refractivity contribution in [2.45, 2.75) is 25.0 Å². The van der Waals surface area contributed by atoms with Crippen LogP contribution in [-0.2, 0) is 14.3 Å². The number of fused-ring (bicyclic) bond motifs is 2. The van der Waals surface area contributed by atoms with E-state index in [1.807, 2.05) is 12.1 Å². The summed E-state index contributed by atoms with van der Waals surface area (Å²) in [6.45, 7) is 0. The number of ether oxygens (including phenoxy) is 1. The summed E-state index contributed by atoms with van der Waals surface area (Å²) in [7, 11) is 0. The van der Waals surface area contributed by atoms with Crippen LogP contribution in [0.15, 0.2) is 28.7 Å². The number of carbonyl (C=O) groups excluding carboxylic acids is 2. The maximum Gasteiger partial charge on any atom is 0.230 e. The highest BCUT2D eigenvalue weighted by atomic mass is 79.9. The van der Waals surface area contributed by atoms with Gasteiger partial charge < -0.3 is 20.0 Å². The molecule has 2 aliphatic heterocycles. The summed E-state index contributed by atoms with van der Waals surface area (Å²) < 4.78 is 6.31. The third-order valence-electron chi connectivity index (χ3n) is 3.98. The minimum Gasteiger partial charge on any atom is -0.550 e. The normalized spacial score (nSPS) is 31.2. The first-order chi connectivity index (χ1) is 9.58. The number of hydrogen-bond donors (Lipinski definition) is 1. The van der Waals surface area contributed by atoms with Crippen molar-refractivity contribution in [3.63, 3.8) is 0 Å². The van der Waals surface area contributed by atoms with Gasteiger partial charge in [0.25, 0.3) is 0 Å². The summed E-state index contributed by atoms with van der Waals surface area (Å²) in [6, 6.07) is 7.20. The molecular formula is C14H13BrNO4-. The van der Waals surface area contributed by atoms with Crippen molar-refractivity contribution in [2.24, 2.45) is 11.8 Å². The van der Waals surface area contributed by atoms with E-state index in [9.17, 15) is 14.7 Å². The summed E-state index contributed by atoms with van der Waals surface area (Å²) in [5, 5.41) is 14.0. The fourth-order valence-electron chi connectivity index (χ4n) is 3.09. The molecule has 2 aliphatic rings. The summed E-state index contributed by atoms with van der Waals surface area (Å²) in [4.78, 5) is 23.6. The second kappa shape index (κ2) is 5.18. The smallest absolute Gasteiger partial charge is 0.230 e. The lowest BCUT2D eigenvalue weighted by Gasteiger charge is -2.27. The maximum atomic E-state index is 12.4. The van der Waals surface area contributed by atoms with E-state index >= 15 is 0 Å². The van der Waals surface area contributed by atoms with Gasteiger partial charge in [-0.15, -0.1) is 0 Å². The number of rotatable bonds is 3. The van der Waals surface area contributed by atoms with Crippen LogP contribution in [-0.4, -0.2) is 24.1 Å². The molecule has 6 heteroatoms. The van der Waals surface area contributed by atoms with E-state index in [0.29, 0.717) is 12.1 Å². The third kappa shape index (κ3) is 2.23. The van der Waals surface area contributed by atoms with Crippen LogP contribution in [0.3, 0.4) is 0 Å². The Balaban J connectivity index is 1.80. The Morgan fingerprint density at radius 1 is 1.20 bits per heavy atom. The fraction of sp³-hybridized carbons (Fsp3) is 0.429. The van der Waals surface area contributed by atoms with Gasteiger partial charge in [-0.1, -0.05) is 12.1 Å². The SMILES string of the molecule is O=C([O-])[C@@H]1[C@H](C(=O)Nc2ccccc2Br)[C@@H]2CC[C@H]1O2. The van der Waals surface area contributed by atoms with Gasteiger partial charge in [0.1, 0.15) is 0 Å². The van der Waals surface area contributed by atoms with Crippen LogP contribution in [0.1, 0.15) is 12.8 Å². The highest BCUT2D eigenvalue weighted by molar-refractivity contribution is 9.10. The number of amides is 1. The average Bonchev–Trinajstić information content (AvgIpc) is 3.01. The van der Waals surface area contributed by atoms with Crippen LogP contribution < -0.4 is 10.4 Å². The molecule has 0 unspecified atom stereocenters. The summed E-state index contributed by atoms with van der Waals surface area (Å²) in [6.07, 6.45) is 0.704. The first kappa shape index (κ1) is 13.6. The monoisotopic (exact) mass is 338 g/mol. The Kier molecular flexibility index (Phi) is 3.52. The highest BCUT2D eigenvalue weighted by Gasteiger charge is 2.52. The highest BCUT2D eigenvalue weighted by Crippen LogP contribution is 2.43. The lowest BCUT2D eigenvalue weighted by atomic mass is 9.78. The largest absolute Gasteiger partial charge is 0.550 e. The lowest BCUT2D eigenvalue weighted by Crippen LogP contribution is -2.46. The van der Waals surface area contributed by atoms with E-state index in [1.54, 1.807) is 12.1 Å². The van der Waals surface area contributed by atoms with Gasteiger partial charge >= 0.3 is 0 Å². The molecule has 2 saturated heterocycles. The molecule has 4 atom stereocenters. The zero-order valence-electron chi connectivity index (χ0n) is 10.5. The molecule has 1 aromatic carbocycles. The molecule has 0 saturated carbocycles. The Morgan fingerprint density at radius 3 is 2.50 bits per heavy atom. The molecule has 2 fully saturated rings. The number of nitrogens with one attached hydrogen (secondary N) is 1. The van der Waals surface area contributed by atoms with E-state index in [4.69, 9.17) is 4.74 Å². The van der Waals surface area contributed by atoms with Crippen molar-refractivity contribution in [3.05, 3.63) is 28.7 Å². The van der Waals surface area contributed by atoms with Crippen molar-refractivity contribution in [1.82, 2.24) is 0 Å². The second-order valence-corrected chi connectivity index (χ2v) is 5.98. The van der Waals surface area contributed by atoms with Gasteiger partial charge in [0.2, 0.25) is 5.91 Å². The summed E-state index contributed by atoms with van der Waals surface area (Å²) in [5.41, 5.74) is 0.623. The average molecular weight is 339 g/mol. The lowest BCUT2D eigenvalue weighted by molar-refractivity contribution is -0.313. The Hall–Kier alpha value is -1.40. The van der Waals surface area contributed by atoms with Gasteiger partial charge in [-0.3, -0.25) is 4.79 Å². The van der Waals surface area contributed by atoms with Crippen LogP contribution in [0.25, 0.3) is 0 Å². The predicted octanol–water partition coefficient (Wildman–Crippen LogP) is 0.931. The molecule has 20 heavy (non-hydrogen) atoms. The van der Waals surface area contributed by atoms with Crippen molar-refractivity contribution in [3.8, 4) is 0 Å². The van der Waals surface area contributed by atoms with Gasteiger partial charge in [0, 0.05) is 16.4 Å². The van der Waals surface area contributed by atoms with Gasteiger partial charge in [0.05, 0.1) is 23.8 Å². The van der Waals surface area contributed by atoms with Crippen molar-refractivity contribution in [1.29, 1.82) is 0 Å². The molecule has 3 rings (SSSR count). The first-order valence-electron chi connectivity index (χ1n) is 6.49. The number of carboxylic acids is 1. The Bertz CT molecular complexity index is 562. The molecule has 2 bridgehead atoms. The molecule has 0 aliphatic carbocycles. The molecule has 106 valence electrons. The molecule has 0 aromatic heterocycles. The maximum absolute atomic E-state index is 12.4. The van der Waals surface area contributed by atoms with E-state index in [-0.39, 0.29) is 18.1 Å². The first-order valence-corrected chi connectivity index (χ1v) is 7.29. The van der Waals surface area contributed by atoms with E-state index in [1.165, 1.54) is 0 Å². The zero-order valence-corrected chi connectivity index (χ0v) is 12.1. The number of anilines is 1.